The number of anilines is 1. The summed E-state index contributed by atoms with van der Waals surface area (Å²) in [7, 11) is 0. The highest BCUT2D eigenvalue weighted by Gasteiger charge is 2.05. The second kappa shape index (κ2) is 5.69. The minimum atomic E-state index is -0.165. The molecule has 2 aromatic rings. The lowest BCUT2D eigenvalue weighted by atomic mass is 10.1. The third kappa shape index (κ3) is 3.11. The number of aromatic hydroxyl groups is 1. The van der Waals surface area contributed by atoms with Crippen LogP contribution in [-0.2, 0) is 5.33 Å². The van der Waals surface area contributed by atoms with Crippen LogP contribution in [0.3, 0.4) is 0 Å². The van der Waals surface area contributed by atoms with Crippen LogP contribution >= 0.6 is 15.9 Å². The van der Waals surface area contributed by atoms with E-state index in [1.807, 2.05) is 12.1 Å². The quantitative estimate of drug-likeness (QED) is 0.673. The number of rotatable bonds is 3. The normalized spacial score (nSPS) is 10.1. The number of hydrogen-bond acceptors (Lipinski definition) is 2. The van der Waals surface area contributed by atoms with Crippen molar-refractivity contribution >= 4 is 27.5 Å². The molecule has 0 saturated heterocycles. The Hall–Kier alpha value is -1.81. The minimum absolute atomic E-state index is 0.165. The van der Waals surface area contributed by atoms with Crippen LogP contribution in [0.2, 0.25) is 0 Å². The van der Waals surface area contributed by atoms with Gasteiger partial charge in [0, 0.05) is 16.6 Å². The first-order valence-electron chi connectivity index (χ1n) is 5.44. The molecule has 0 radical (unpaired) electrons. The van der Waals surface area contributed by atoms with Crippen LogP contribution < -0.4 is 5.32 Å². The standard InChI is InChI=1S/C14H12BrNO2/c15-9-10-1-3-11(4-2-10)14(18)16-12-5-7-13(17)8-6-12/h1-8,17H,9H2,(H,16,18). The molecular formula is C14H12BrNO2. The predicted molar refractivity (Wildman–Crippen MR) is 75.1 cm³/mol. The molecule has 4 heteroatoms. The van der Waals surface area contributed by atoms with Gasteiger partial charge in [0.05, 0.1) is 0 Å². The molecule has 0 aromatic heterocycles. The van der Waals surface area contributed by atoms with Crippen LogP contribution in [-0.4, -0.2) is 11.0 Å². The summed E-state index contributed by atoms with van der Waals surface area (Å²) in [5.74, 6) is 0.0106. The van der Waals surface area contributed by atoms with Crippen LogP contribution in [0.15, 0.2) is 48.5 Å². The fourth-order valence-electron chi connectivity index (χ4n) is 1.49. The smallest absolute Gasteiger partial charge is 0.255 e. The van der Waals surface area contributed by atoms with Gasteiger partial charge in [0.1, 0.15) is 5.75 Å². The predicted octanol–water partition coefficient (Wildman–Crippen LogP) is 3.54. The van der Waals surface area contributed by atoms with Gasteiger partial charge in [-0.3, -0.25) is 4.79 Å². The third-order valence-corrected chi connectivity index (χ3v) is 3.14. The topological polar surface area (TPSA) is 49.3 Å². The fraction of sp³-hybridized carbons (Fsp3) is 0.0714. The Morgan fingerprint density at radius 1 is 1.06 bits per heavy atom. The molecule has 3 nitrogen and oxygen atoms in total. The molecule has 0 aliphatic carbocycles. The first kappa shape index (κ1) is 12.6. The molecular weight excluding hydrogens is 294 g/mol. The van der Waals surface area contributed by atoms with E-state index in [-0.39, 0.29) is 11.7 Å². The SMILES string of the molecule is O=C(Nc1ccc(O)cc1)c1ccc(CBr)cc1. The van der Waals surface area contributed by atoms with E-state index in [2.05, 4.69) is 21.2 Å². The zero-order chi connectivity index (χ0) is 13.0. The van der Waals surface area contributed by atoms with Crippen molar-refractivity contribution in [1.29, 1.82) is 0 Å². The van der Waals surface area contributed by atoms with Gasteiger partial charge in [0.2, 0.25) is 0 Å². The van der Waals surface area contributed by atoms with E-state index in [1.54, 1.807) is 24.3 Å². The lowest BCUT2D eigenvalue weighted by molar-refractivity contribution is 0.102. The molecule has 0 heterocycles. The van der Waals surface area contributed by atoms with Gasteiger partial charge in [0.25, 0.3) is 5.91 Å². The number of carbonyl (C=O) groups is 1. The van der Waals surface area contributed by atoms with Crippen LogP contribution in [0.25, 0.3) is 0 Å². The van der Waals surface area contributed by atoms with Gasteiger partial charge < -0.3 is 10.4 Å². The maximum absolute atomic E-state index is 11.9. The number of halogens is 1. The van der Waals surface area contributed by atoms with Crippen molar-refractivity contribution in [2.75, 3.05) is 5.32 Å². The molecule has 0 aliphatic heterocycles. The number of carbonyl (C=O) groups excluding carboxylic acids is 1. The van der Waals surface area contributed by atoms with E-state index in [4.69, 9.17) is 5.11 Å². The van der Waals surface area contributed by atoms with Gasteiger partial charge >= 0.3 is 0 Å². The van der Waals surface area contributed by atoms with Crippen LogP contribution in [0.4, 0.5) is 5.69 Å². The van der Waals surface area contributed by atoms with E-state index in [9.17, 15) is 4.79 Å². The molecule has 2 rings (SSSR count). The lowest BCUT2D eigenvalue weighted by Crippen LogP contribution is -2.11. The Bertz CT molecular complexity index is 535. The Morgan fingerprint density at radius 2 is 1.67 bits per heavy atom. The van der Waals surface area contributed by atoms with E-state index < -0.39 is 0 Å². The third-order valence-electron chi connectivity index (χ3n) is 2.50. The van der Waals surface area contributed by atoms with Crippen molar-refractivity contribution in [2.24, 2.45) is 0 Å². The van der Waals surface area contributed by atoms with Crippen molar-refractivity contribution in [3.05, 3.63) is 59.7 Å². The Labute approximate surface area is 114 Å². The first-order chi connectivity index (χ1) is 8.69. The summed E-state index contributed by atoms with van der Waals surface area (Å²) in [5.41, 5.74) is 2.38. The Kier molecular flexibility index (Phi) is 3.99. The van der Waals surface area contributed by atoms with Crippen molar-refractivity contribution in [2.45, 2.75) is 5.33 Å². The number of phenolic OH excluding ortho intramolecular Hbond substituents is 1. The summed E-state index contributed by atoms with van der Waals surface area (Å²) in [5, 5.41) is 12.7. The highest BCUT2D eigenvalue weighted by atomic mass is 79.9. The van der Waals surface area contributed by atoms with Crippen molar-refractivity contribution < 1.29 is 9.90 Å². The average Bonchev–Trinajstić information content (AvgIpc) is 2.41. The summed E-state index contributed by atoms with van der Waals surface area (Å²) in [6, 6.07) is 13.7. The summed E-state index contributed by atoms with van der Waals surface area (Å²) in [6.45, 7) is 0. The van der Waals surface area contributed by atoms with Gasteiger partial charge in [-0.25, -0.2) is 0 Å². The minimum Gasteiger partial charge on any atom is -0.508 e. The Balaban J connectivity index is 2.09. The van der Waals surface area contributed by atoms with Crippen LogP contribution in [0, 0.1) is 0 Å². The number of amides is 1. The molecule has 0 saturated carbocycles. The van der Waals surface area contributed by atoms with Gasteiger partial charge in [-0.2, -0.15) is 0 Å². The average molecular weight is 306 g/mol. The fourth-order valence-corrected chi connectivity index (χ4v) is 1.87. The summed E-state index contributed by atoms with van der Waals surface area (Å²) in [4.78, 5) is 11.9. The lowest BCUT2D eigenvalue weighted by Gasteiger charge is -2.05. The molecule has 18 heavy (non-hydrogen) atoms. The molecule has 0 atom stereocenters. The molecule has 2 N–H and O–H groups in total. The molecule has 0 aliphatic rings. The summed E-state index contributed by atoms with van der Waals surface area (Å²) in [6.07, 6.45) is 0. The molecule has 1 amide bonds. The Morgan fingerprint density at radius 3 is 2.22 bits per heavy atom. The van der Waals surface area contributed by atoms with E-state index in [0.29, 0.717) is 11.3 Å². The maximum Gasteiger partial charge on any atom is 0.255 e. The molecule has 0 fully saturated rings. The maximum atomic E-state index is 11.9. The molecule has 0 unspecified atom stereocenters. The van der Waals surface area contributed by atoms with Gasteiger partial charge in [0.15, 0.2) is 0 Å². The summed E-state index contributed by atoms with van der Waals surface area (Å²) >= 11 is 3.36. The van der Waals surface area contributed by atoms with Crippen molar-refractivity contribution in [1.82, 2.24) is 0 Å². The zero-order valence-corrected chi connectivity index (χ0v) is 11.1. The number of phenols is 1. The molecule has 2 aromatic carbocycles. The van der Waals surface area contributed by atoms with Crippen molar-refractivity contribution in [3.63, 3.8) is 0 Å². The molecule has 92 valence electrons. The first-order valence-corrected chi connectivity index (χ1v) is 6.56. The van der Waals surface area contributed by atoms with E-state index in [0.717, 1.165) is 10.9 Å². The largest absolute Gasteiger partial charge is 0.508 e. The second-order valence-corrected chi connectivity index (χ2v) is 4.39. The van der Waals surface area contributed by atoms with Crippen LogP contribution in [0.5, 0.6) is 5.75 Å². The van der Waals surface area contributed by atoms with Crippen molar-refractivity contribution in [3.8, 4) is 5.75 Å². The summed E-state index contributed by atoms with van der Waals surface area (Å²) < 4.78 is 0. The van der Waals surface area contributed by atoms with E-state index in [1.165, 1.54) is 12.1 Å². The number of hydrogen-bond donors (Lipinski definition) is 2. The number of nitrogens with one attached hydrogen (secondary N) is 1. The van der Waals surface area contributed by atoms with Gasteiger partial charge in [-0.15, -0.1) is 0 Å². The number of alkyl halides is 1. The molecule has 0 bridgehead atoms. The monoisotopic (exact) mass is 305 g/mol. The second-order valence-electron chi connectivity index (χ2n) is 3.83. The highest BCUT2D eigenvalue weighted by molar-refractivity contribution is 9.08. The molecule has 0 spiro atoms. The van der Waals surface area contributed by atoms with Crippen LogP contribution in [0.1, 0.15) is 15.9 Å². The van der Waals surface area contributed by atoms with E-state index >= 15 is 0 Å². The van der Waals surface area contributed by atoms with Gasteiger partial charge in [-0.05, 0) is 42.0 Å². The highest BCUT2D eigenvalue weighted by Crippen LogP contribution is 2.15. The zero-order valence-electron chi connectivity index (χ0n) is 9.56. The number of benzene rings is 2. The van der Waals surface area contributed by atoms with Gasteiger partial charge in [-0.1, -0.05) is 28.1 Å².